The average molecular weight is 394 g/mol. The summed E-state index contributed by atoms with van der Waals surface area (Å²) in [5, 5.41) is 12.8. The largest absolute Gasteiger partial charge is 0.439 e. The van der Waals surface area contributed by atoms with E-state index in [1.807, 2.05) is 60.7 Å². The van der Waals surface area contributed by atoms with E-state index in [1.165, 1.54) is 0 Å². The normalized spacial score (nSPS) is 15.9. The van der Waals surface area contributed by atoms with E-state index >= 15 is 0 Å². The van der Waals surface area contributed by atoms with Crippen molar-refractivity contribution < 1.29 is 9.53 Å². The quantitative estimate of drug-likeness (QED) is 0.698. The molecule has 0 spiro atoms. The summed E-state index contributed by atoms with van der Waals surface area (Å²) in [6.45, 7) is 0. The Morgan fingerprint density at radius 2 is 1.67 bits per heavy atom. The highest BCUT2D eigenvalue weighted by molar-refractivity contribution is 6.06. The molecule has 6 nitrogen and oxygen atoms in total. The fourth-order valence-electron chi connectivity index (χ4n) is 3.40. The van der Waals surface area contributed by atoms with Crippen molar-refractivity contribution in [3.05, 3.63) is 113 Å². The van der Waals surface area contributed by atoms with Crippen molar-refractivity contribution in [1.82, 2.24) is 4.98 Å². The van der Waals surface area contributed by atoms with E-state index in [2.05, 4.69) is 16.4 Å². The number of pyridine rings is 1. The van der Waals surface area contributed by atoms with Crippen LogP contribution in [-0.4, -0.2) is 10.9 Å². The first-order valence-corrected chi connectivity index (χ1v) is 9.33. The zero-order valence-electron chi connectivity index (χ0n) is 15.9. The van der Waals surface area contributed by atoms with Crippen molar-refractivity contribution in [3.8, 4) is 6.07 Å². The van der Waals surface area contributed by atoms with Crippen molar-refractivity contribution in [2.75, 3.05) is 5.32 Å². The Morgan fingerprint density at radius 3 is 2.30 bits per heavy atom. The van der Waals surface area contributed by atoms with Gasteiger partial charge in [-0.05, 0) is 17.7 Å². The fraction of sp³-hybridized carbons (Fsp3) is 0.0417. The Morgan fingerprint density at radius 1 is 1.00 bits per heavy atom. The smallest absolute Gasteiger partial charge is 0.259 e. The number of nitriles is 1. The van der Waals surface area contributed by atoms with Gasteiger partial charge in [0.2, 0.25) is 5.88 Å². The molecular weight excluding hydrogens is 376 g/mol. The molecule has 0 saturated carbocycles. The minimum Gasteiger partial charge on any atom is -0.439 e. The number of allylic oxidation sites excluding steroid dienone is 1. The molecule has 3 aromatic rings. The van der Waals surface area contributed by atoms with Crippen LogP contribution in [0.4, 0.5) is 5.82 Å². The van der Waals surface area contributed by atoms with Crippen LogP contribution in [0.5, 0.6) is 0 Å². The van der Waals surface area contributed by atoms with Crippen LogP contribution in [0.3, 0.4) is 0 Å². The van der Waals surface area contributed by atoms with Crippen LogP contribution in [-0.2, 0) is 9.53 Å². The monoisotopic (exact) mass is 394 g/mol. The molecule has 4 rings (SSSR count). The lowest BCUT2D eigenvalue weighted by Crippen LogP contribution is -2.29. The number of benzene rings is 2. The summed E-state index contributed by atoms with van der Waals surface area (Å²) < 4.78 is 5.83. The number of aromatic nitrogens is 1. The number of carbonyl (C=O) groups is 1. The van der Waals surface area contributed by atoms with Gasteiger partial charge in [-0.3, -0.25) is 4.79 Å². The summed E-state index contributed by atoms with van der Waals surface area (Å²) in [6.07, 6.45) is 1.58. The second-order valence-corrected chi connectivity index (χ2v) is 6.61. The molecule has 0 radical (unpaired) electrons. The number of nitrogens with one attached hydrogen (secondary N) is 1. The minimum atomic E-state index is -0.677. The van der Waals surface area contributed by atoms with Crippen LogP contribution in [0.15, 0.2) is 102 Å². The number of anilines is 1. The van der Waals surface area contributed by atoms with Crippen molar-refractivity contribution in [2.24, 2.45) is 5.73 Å². The summed E-state index contributed by atoms with van der Waals surface area (Å²) in [6, 6.07) is 26.0. The van der Waals surface area contributed by atoms with Gasteiger partial charge in [-0.15, -0.1) is 0 Å². The molecule has 0 saturated heterocycles. The number of amides is 1. The molecule has 146 valence electrons. The van der Waals surface area contributed by atoms with E-state index in [9.17, 15) is 10.1 Å². The standard InChI is InChI=1S/C24H18N4O2/c25-15-18-20(16-9-3-1-4-10-16)21(24(29)28-19-13-7-8-14-27-19)23(26)30-22(18)17-11-5-2-6-12-17/h1-14,20H,26H2,(H,27,28,29). The van der Waals surface area contributed by atoms with Crippen LogP contribution in [0.25, 0.3) is 5.76 Å². The minimum absolute atomic E-state index is 0.0462. The van der Waals surface area contributed by atoms with Gasteiger partial charge in [-0.1, -0.05) is 66.7 Å². The molecule has 1 amide bonds. The first kappa shape index (κ1) is 19.0. The summed E-state index contributed by atoms with van der Waals surface area (Å²) >= 11 is 0. The van der Waals surface area contributed by atoms with Crippen molar-refractivity contribution in [3.63, 3.8) is 0 Å². The van der Waals surface area contributed by atoms with Gasteiger partial charge in [0.1, 0.15) is 5.82 Å². The summed E-state index contributed by atoms with van der Waals surface area (Å²) in [5.74, 6) is -0.469. The first-order valence-electron chi connectivity index (χ1n) is 9.33. The number of carbonyl (C=O) groups excluding carboxylic acids is 1. The zero-order valence-corrected chi connectivity index (χ0v) is 15.9. The van der Waals surface area contributed by atoms with E-state index in [0.717, 1.165) is 5.56 Å². The molecule has 1 atom stereocenters. The second kappa shape index (κ2) is 8.33. The van der Waals surface area contributed by atoms with E-state index in [1.54, 1.807) is 24.4 Å². The maximum Gasteiger partial charge on any atom is 0.259 e. The average Bonchev–Trinajstić information content (AvgIpc) is 2.80. The predicted octanol–water partition coefficient (Wildman–Crippen LogP) is 3.94. The number of hydrogen-bond donors (Lipinski definition) is 2. The Labute approximate surface area is 173 Å². The number of hydrogen-bond acceptors (Lipinski definition) is 5. The lowest BCUT2D eigenvalue weighted by molar-refractivity contribution is -0.113. The van der Waals surface area contributed by atoms with Crippen molar-refractivity contribution >= 4 is 17.5 Å². The van der Waals surface area contributed by atoms with Gasteiger partial charge in [0, 0.05) is 11.8 Å². The summed E-state index contributed by atoms with van der Waals surface area (Å²) in [4.78, 5) is 17.3. The van der Waals surface area contributed by atoms with Gasteiger partial charge in [-0.25, -0.2) is 4.98 Å². The SMILES string of the molecule is N#CC1=C(c2ccccc2)OC(N)=C(C(=O)Nc2ccccn2)C1c1ccccc1. The predicted molar refractivity (Wildman–Crippen MR) is 113 cm³/mol. The molecule has 0 fully saturated rings. The lowest BCUT2D eigenvalue weighted by atomic mass is 9.81. The molecule has 0 aliphatic carbocycles. The highest BCUT2D eigenvalue weighted by atomic mass is 16.5. The third-order valence-corrected chi connectivity index (χ3v) is 4.74. The number of ether oxygens (including phenoxy) is 1. The van der Waals surface area contributed by atoms with Gasteiger partial charge in [-0.2, -0.15) is 5.26 Å². The Balaban J connectivity index is 1.83. The molecule has 1 aliphatic heterocycles. The molecule has 1 aromatic heterocycles. The van der Waals surface area contributed by atoms with E-state index in [-0.39, 0.29) is 11.5 Å². The molecule has 3 N–H and O–H groups in total. The third-order valence-electron chi connectivity index (χ3n) is 4.74. The molecule has 1 unspecified atom stereocenters. The van der Waals surface area contributed by atoms with Crippen LogP contribution >= 0.6 is 0 Å². The van der Waals surface area contributed by atoms with Crippen LogP contribution < -0.4 is 11.1 Å². The van der Waals surface area contributed by atoms with Gasteiger partial charge >= 0.3 is 0 Å². The van der Waals surface area contributed by atoms with Gasteiger partial charge in [0.25, 0.3) is 5.91 Å². The van der Waals surface area contributed by atoms with Gasteiger partial charge in [0.15, 0.2) is 5.76 Å². The molecule has 2 aromatic carbocycles. The van der Waals surface area contributed by atoms with Gasteiger partial charge < -0.3 is 15.8 Å². The summed E-state index contributed by atoms with van der Waals surface area (Å²) in [5.41, 5.74) is 8.19. The van der Waals surface area contributed by atoms with Crippen LogP contribution in [0.1, 0.15) is 17.0 Å². The highest BCUT2D eigenvalue weighted by Gasteiger charge is 2.37. The maximum absolute atomic E-state index is 13.2. The van der Waals surface area contributed by atoms with E-state index in [0.29, 0.717) is 22.7 Å². The summed E-state index contributed by atoms with van der Waals surface area (Å²) in [7, 11) is 0. The highest BCUT2D eigenvalue weighted by Crippen LogP contribution is 2.42. The first-order chi connectivity index (χ1) is 14.7. The Kier molecular flexibility index (Phi) is 5.27. The van der Waals surface area contributed by atoms with E-state index in [4.69, 9.17) is 10.5 Å². The number of nitrogens with two attached hydrogens (primary N) is 1. The van der Waals surface area contributed by atoms with Gasteiger partial charge in [0.05, 0.1) is 23.1 Å². The van der Waals surface area contributed by atoms with Crippen LogP contribution in [0.2, 0.25) is 0 Å². The fourth-order valence-corrected chi connectivity index (χ4v) is 3.40. The van der Waals surface area contributed by atoms with Crippen molar-refractivity contribution in [1.29, 1.82) is 5.26 Å². The molecule has 2 heterocycles. The molecule has 6 heteroatoms. The Hall–Kier alpha value is -4.37. The molecule has 30 heavy (non-hydrogen) atoms. The zero-order chi connectivity index (χ0) is 20.9. The molecule has 0 bridgehead atoms. The van der Waals surface area contributed by atoms with Crippen LogP contribution in [0, 0.1) is 11.3 Å². The van der Waals surface area contributed by atoms with E-state index < -0.39 is 11.8 Å². The molecular formula is C24H18N4O2. The Bertz CT molecular complexity index is 1160. The van der Waals surface area contributed by atoms with Crippen molar-refractivity contribution in [2.45, 2.75) is 5.92 Å². The maximum atomic E-state index is 13.2. The molecule has 1 aliphatic rings. The number of nitrogens with zero attached hydrogens (tertiary/aromatic N) is 2. The topological polar surface area (TPSA) is 101 Å². The number of rotatable bonds is 4. The second-order valence-electron chi connectivity index (χ2n) is 6.61. The lowest BCUT2D eigenvalue weighted by Gasteiger charge is -2.28. The third kappa shape index (κ3) is 3.64.